The van der Waals surface area contributed by atoms with E-state index in [-0.39, 0.29) is 5.57 Å². The van der Waals surface area contributed by atoms with Crippen LogP contribution in [0.25, 0.3) is 6.08 Å². The topological polar surface area (TPSA) is 71.3 Å². The number of halogens is 2. The van der Waals surface area contributed by atoms with E-state index in [1.165, 1.54) is 6.08 Å². The zero-order valence-corrected chi connectivity index (χ0v) is 21.6. The smallest absolute Gasteiger partial charge is 0.266 e. The molecular weight excluding hydrogens is 483 g/mol. The lowest BCUT2D eigenvalue weighted by molar-refractivity contribution is -0.112. The summed E-state index contributed by atoms with van der Waals surface area (Å²) < 4.78 is 11.8. The highest BCUT2D eigenvalue weighted by molar-refractivity contribution is 6.32. The van der Waals surface area contributed by atoms with Gasteiger partial charge in [0, 0.05) is 10.7 Å². The first-order chi connectivity index (χ1) is 16.7. The number of aryl methyl sites for hydroxylation is 3. The maximum absolute atomic E-state index is 12.8. The molecule has 180 valence electrons. The number of benzene rings is 3. The summed E-state index contributed by atoms with van der Waals surface area (Å²) in [5, 5.41) is 13.1. The molecule has 3 aromatic rings. The van der Waals surface area contributed by atoms with Gasteiger partial charge in [-0.3, -0.25) is 4.79 Å². The van der Waals surface area contributed by atoms with Crippen LogP contribution in [0, 0.1) is 32.1 Å². The first kappa shape index (κ1) is 26.2. The Labute approximate surface area is 215 Å². The van der Waals surface area contributed by atoms with Crippen LogP contribution in [0.5, 0.6) is 11.5 Å². The molecule has 0 spiro atoms. The minimum absolute atomic E-state index is 0.0909. The Hall–Kier alpha value is -3.46. The molecule has 0 saturated carbocycles. The molecule has 0 saturated heterocycles. The SMILES string of the molecule is CCOc1cc(/C=C(\C#N)C(=O)Nc2cc(Cl)ccc2C)cc(Cl)c1OCc1cc(C)cc(C)c1. The van der Waals surface area contributed by atoms with Crippen LogP contribution in [0.1, 0.15) is 34.7 Å². The quantitative estimate of drug-likeness (QED) is 0.253. The zero-order chi connectivity index (χ0) is 25.5. The van der Waals surface area contributed by atoms with Crippen LogP contribution in [0.3, 0.4) is 0 Å². The normalized spacial score (nSPS) is 11.1. The van der Waals surface area contributed by atoms with Gasteiger partial charge in [-0.05, 0) is 74.7 Å². The molecule has 1 amide bonds. The van der Waals surface area contributed by atoms with Gasteiger partial charge >= 0.3 is 0 Å². The molecule has 5 nitrogen and oxygen atoms in total. The lowest BCUT2D eigenvalue weighted by Gasteiger charge is -2.15. The van der Waals surface area contributed by atoms with Crippen molar-refractivity contribution in [3.63, 3.8) is 0 Å². The van der Waals surface area contributed by atoms with Gasteiger partial charge in [-0.2, -0.15) is 5.26 Å². The summed E-state index contributed by atoms with van der Waals surface area (Å²) in [5.74, 6) is 0.281. The second-order valence-electron chi connectivity index (χ2n) is 8.13. The molecular formula is C28H26Cl2N2O3. The van der Waals surface area contributed by atoms with Crippen molar-refractivity contribution in [2.24, 2.45) is 0 Å². The van der Waals surface area contributed by atoms with E-state index in [2.05, 4.69) is 23.5 Å². The minimum Gasteiger partial charge on any atom is -0.490 e. The van der Waals surface area contributed by atoms with Crippen molar-refractivity contribution in [1.82, 2.24) is 0 Å². The van der Waals surface area contributed by atoms with Crippen LogP contribution >= 0.6 is 23.2 Å². The monoisotopic (exact) mass is 508 g/mol. The van der Waals surface area contributed by atoms with Crippen molar-refractivity contribution in [3.8, 4) is 17.6 Å². The highest BCUT2D eigenvalue weighted by atomic mass is 35.5. The molecule has 0 fully saturated rings. The Kier molecular flexibility index (Phi) is 8.81. The Bertz CT molecular complexity index is 1310. The van der Waals surface area contributed by atoms with Crippen molar-refractivity contribution in [2.75, 3.05) is 11.9 Å². The number of carbonyl (C=O) groups excluding carboxylic acids is 1. The number of nitriles is 1. The van der Waals surface area contributed by atoms with E-state index in [4.69, 9.17) is 32.7 Å². The lowest BCUT2D eigenvalue weighted by Crippen LogP contribution is -2.14. The van der Waals surface area contributed by atoms with Gasteiger partial charge in [0.2, 0.25) is 0 Å². The van der Waals surface area contributed by atoms with E-state index >= 15 is 0 Å². The third-order valence-electron chi connectivity index (χ3n) is 5.12. The molecule has 0 atom stereocenters. The van der Waals surface area contributed by atoms with E-state index in [1.54, 1.807) is 30.3 Å². The molecule has 1 N–H and O–H groups in total. The Morgan fingerprint density at radius 2 is 1.74 bits per heavy atom. The standard InChI is InChI=1S/C28H26Cl2N2O3/c1-5-34-26-13-20(11-22(15-31)28(33)32-25-14-23(29)7-6-19(25)4)12-24(30)27(26)35-16-21-9-17(2)8-18(3)10-21/h6-14H,5,16H2,1-4H3,(H,32,33)/b22-11+. The summed E-state index contributed by atoms with van der Waals surface area (Å²) in [6.07, 6.45) is 1.46. The molecule has 0 aliphatic carbocycles. The van der Waals surface area contributed by atoms with Crippen molar-refractivity contribution in [3.05, 3.63) is 92.0 Å². The molecule has 0 aromatic heterocycles. The molecule has 0 aliphatic heterocycles. The van der Waals surface area contributed by atoms with E-state index in [1.807, 2.05) is 33.8 Å². The molecule has 3 rings (SSSR count). The van der Waals surface area contributed by atoms with Gasteiger partial charge in [0.1, 0.15) is 18.2 Å². The van der Waals surface area contributed by atoms with Crippen LogP contribution in [0.4, 0.5) is 5.69 Å². The van der Waals surface area contributed by atoms with Gasteiger partial charge in [-0.25, -0.2) is 0 Å². The second-order valence-corrected chi connectivity index (χ2v) is 8.97. The second kappa shape index (κ2) is 11.8. The van der Waals surface area contributed by atoms with Crippen molar-refractivity contribution < 1.29 is 14.3 Å². The highest BCUT2D eigenvalue weighted by Crippen LogP contribution is 2.38. The van der Waals surface area contributed by atoms with Crippen molar-refractivity contribution in [2.45, 2.75) is 34.3 Å². The van der Waals surface area contributed by atoms with Crippen LogP contribution in [0.15, 0.2) is 54.1 Å². The fourth-order valence-electron chi connectivity index (χ4n) is 3.62. The summed E-state index contributed by atoms with van der Waals surface area (Å²) in [7, 11) is 0. The van der Waals surface area contributed by atoms with Gasteiger partial charge in [0.15, 0.2) is 11.5 Å². The summed E-state index contributed by atoms with van der Waals surface area (Å²) >= 11 is 12.6. The van der Waals surface area contributed by atoms with Gasteiger partial charge in [0.05, 0.1) is 11.6 Å². The molecule has 3 aromatic carbocycles. The number of ether oxygens (including phenoxy) is 2. The summed E-state index contributed by atoms with van der Waals surface area (Å²) in [4.78, 5) is 12.8. The predicted molar refractivity (Wildman–Crippen MR) is 141 cm³/mol. The summed E-state index contributed by atoms with van der Waals surface area (Å²) in [6.45, 7) is 8.48. The van der Waals surface area contributed by atoms with E-state index in [9.17, 15) is 10.1 Å². The van der Waals surface area contributed by atoms with Crippen molar-refractivity contribution in [1.29, 1.82) is 5.26 Å². The first-order valence-electron chi connectivity index (χ1n) is 11.1. The van der Waals surface area contributed by atoms with Gasteiger partial charge in [-0.1, -0.05) is 58.6 Å². The Balaban J connectivity index is 1.87. The number of nitrogens with one attached hydrogen (secondary N) is 1. The summed E-state index contributed by atoms with van der Waals surface area (Å²) in [6, 6.07) is 16.6. The van der Waals surface area contributed by atoms with Crippen molar-refractivity contribution >= 4 is 40.9 Å². The number of hydrogen-bond donors (Lipinski definition) is 1. The first-order valence-corrected chi connectivity index (χ1v) is 11.8. The van der Waals surface area contributed by atoms with Gasteiger partial charge in [-0.15, -0.1) is 0 Å². The van der Waals surface area contributed by atoms with Crippen LogP contribution < -0.4 is 14.8 Å². The van der Waals surface area contributed by atoms with E-state index in [0.717, 1.165) is 22.3 Å². The average Bonchev–Trinajstić information content (AvgIpc) is 2.79. The molecule has 7 heteroatoms. The van der Waals surface area contributed by atoms with E-state index < -0.39 is 5.91 Å². The number of rotatable bonds is 8. The number of hydrogen-bond acceptors (Lipinski definition) is 4. The largest absolute Gasteiger partial charge is 0.490 e. The molecule has 0 aliphatic rings. The van der Waals surface area contributed by atoms with Crippen LogP contribution in [-0.2, 0) is 11.4 Å². The minimum atomic E-state index is -0.554. The molecule has 0 heterocycles. The third kappa shape index (κ3) is 7.02. The highest BCUT2D eigenvalue weighted by Gasteiger charge is 2.16. The van der Waals surface area contributed by atoms with E-state index in [0.29, 0.717) is 46.0 Å². The maximum atomic E-state index is 12.8. The molecule has 0 unspecified atom stereocenters. The number of nitrogens with zero attached hydrogens (tertiary/aromatic N) is 1. The molecule has 0 bridgehead atoms. The summed E-state index contributed by atoms with van der Waals surface area (Å²) in [5.41, 5.74) is 5.12. The fraction of sp³-hybridized carbons (Fsp3) is 0.214. The Morgan fingerprint density at radius 1 is 1.03 bits per heavy atom. The maximum Gasteiger partial charge on any atom is 0.266 e. The predicted octanol–water partition coefficient (Wildman–Crippen LogP) is 7.44. The molecule has 0 radical (unpaired) electrons. The number of amides is 1. The Morgan fingerprint density at radius 3 is 2.40 bits per heavy atom. The zero-order valence-electron chi connectivity index (χ0n) is 20.0. The fourth-order valence-corrected chi connectivity index (χ4v) is 4.06. The third-order valence-corrected chi connectivity index (χ3v) is 5.64. The lowest BCUT2D eigenvalue weighted by atomic mass is 10.1. The van der Waals surface area contributed by atoms with Crippen LogP contribution in [-0.4, -0.2) is 12.5 Å². The number of anilines is 1. The van der Waals surface area contributed by atoms with Crippen LogP contribution in [0.2, 0.25) is 10.0 Å². The number of carbonyl (C=O) groups is 1. The average molecular weight is 509 g/mol. The van der Waals surface area contributed by atoms with Gasteiger partial charge < -0.3 is 14.8 Å². The molecule has 35 heavy (non-hydrogen) atoms. The van der Waals surface area contributed by atoms with Gasteiger partial charge in [0.25, 0.3) is 5.91 Å².